The van der Waals surface area contributed by atoms with Crippen LogP contribution in [-0.4, -0.2) is 34.4 Å². The minimum atomic E-state index is -0.270. The monoisotopic (exact) mass is 364 g/mol. The van der Waals surface area contributed by atoms with Gasteiger partial charge in [0.1, 0.15) is 11.6 Å². The highest BCUT2D eigenvalue weighted by molar-refractivity contribution is 5.94. The molecule has 0 aliphatic carbocycles. The zero-order valence-electron chi connectivity index (χ0n) is 15.1. The Labute approximate surface area is 157 Å². The van der Waals surface area contributed by atoms with Gasteiger partial charge in [-0.3, -0.25) is 9.78 Å². The number of nitrogens with zero attached hydrogens (tertiary/aromatic N) is 3. The minimum absolute atomic E-state index is 0.0830. The molecule has 0 aliphatic rings. The van der Waals surface area contributed by atoms with Crippen LogP contribution in [0.15, 0.2) is 67.1 Å². The van der Waals surface area contributed by atoms with Crippen LogP contribution in [0.5, 0.6) is 0 Å². The first-order valence-electron chi connectivity index (χ1n) is 8.71. The van der Waals surface area contributed by atoms with Crippen LogP contribution >= 0.6 is 0 Å². The maximum atomic E-state index is 13.7. The maximum Gasteiger partial charge on any atom is 0.253 e. The number of carbonyl (C=O) groups excluding carboxylic acids is 1. The molecule has 1 aromatic carbocycles. The van der Waals surface area contributed by atoms with Crippen molar-refractivity contribution in [2.24, 2.45) is 0 Å². The highest BCUT2D eigenvalue weighted by Gasteiger charge is 2.12. The lowest BCUT2D eigenvalue weighted by molar-refractivity contribution is 0.0796. The summed E-state index contributed by atoms with van der Waals surface area (Å²) in [6, 6.07) is 13.8. The number of rotatable bonds is 7. The predicted molar refractivity (Wildman–Crippen MR) is 103 cm³/mol. The molecule has 5 nitrogen and oxygen atoms in total. The third kappa shape index (κ3) is 5.10. The van der Waals surface area contributed by atoms with Gasteiger partial charge in [-0.15, -0.1) is 0 Å². The van der Waals surface area contributed by atoms with Crippen LogP contribution in [0.2, 0.25) is 0 Å². The molecule has 27 heavy (non-hydrogen) atoms. The van der Waals surface area contributed by atoms with Gasteiger partial charge in [0, 0.05) is 49.9 Å². The fraction of sp³-hybridized carbons (Fsp3) is 0.190. The van der Waals surface area contributed by atoms with Crippen LogP contribution in [0.3, 0.4) is 0 Å². The highest BCUT2D eigenvalue weighted by atomic mass is 19.1. The van der Waals surface area contributed by atoms with E-state index in [-0.39, 0.29) is 11.7 Å². The van der Waals surface area contributed by atoms with E-state index in [1.165, 1.54) is 6.07 Å². The van der Waals surface area contributed by atoms with Gasteiger partial charge in [0.2, 0.25) is 0 Å². The number of pyridine rings is 2. The second-order valence-electron chi connectivity index (χ2n) is 6.21. The fourth-order valence-corrected chi connectivity index (χ4v) is 2.66. The second-order valence-corrected chi connectivity index (χ2v) is 6.21. The number of hydrogen-bond acceptors (Lipinski definition) is 4. The van der Waals surface area contributed by atoms with Gasteiger partial charge in [0.15, 0.2) is 0 Å². The molecule has 6 heteroatoms. The van der Waals surface area contributed by atoms with Crippen molar-refractivity contribution in [2.45, 2.75) is 13.0 Å². The molecular formula is C21H21FN4O. The van der Waals surface area contributed by atoms with Crippen molar-refractivity contribution >= 4 is 11.7 Å². The molecule has 3 aromatic rings. The zero-order valence-corrected chi connectivity index (χ0v) is 15.1. The zero-order chi connectivity index (χ0) is 19.1. The molecule has 2 aromatic heterocycles. The molecule has 0 aliphatic heterocycles. The van der Waals surface area contributed by atoms with Crippen molar-refractivity contribution in [1.29, 1.82) is 0 Å². The van der Waals surface area contributed by atoms with Crippen molar-refractivity contribution in [3.63, 3.8) is 0 Å². The number of aromatic nitrogens is 2. The van der Waals surface area contributed by atoms with Crippen molar-refractivity contribution in [1.82, 2.24) is 14.9 Å². The van der Waals surface area contributed by atoms with E-state index in [1.807, 2.05) is 12.1 Å². The largest absolute Gasteiger partial charge is 0.366 e. The van der Waals surface area contributed by atoms with Crippen molar-refractivity contribution in [3.05, 3.63) is 89.6 Å². The molecule has 0 unspecified atom stereocenters. The van der Waals surface area contributed by atoms with Crippen molar-refractivity contribution < 1.29 is 9.18 Å². The lowest BCUT2D eigenvalue weighted by Crippen LogP contribution is -2.29. The molecule has 0 saturated heterocycles. The van der Waals surface area contributed by atoms with Gasteiger partial charge in [-0.05, 0) is 42.3 Å². The Bertz CT molecular complexity index is 901. The molecule has 2 heterocycles. The predicted octanol–water partition coefficient (Wildman–Crippen LogP) is 3.54. The molecule has 1 amide bonds. The standard InChI is InChI=1S/C21H21FN4O/c1-26(13-9-16-6-10-23-11-7-16)21(27)17-8-12-24-20(14-17)25-15-18-4-2-3-5-19(18)22/h2-8,10-12,14H,9,13,15H2,1H3,(H,24,25). The van der Waals surface area contributed by atoms with Crippen LogP contribution < -0.4 is 5.32 Å². The van der Waals surface area contributed by atoms with E-state index >= 15 is 0 Å². The first-order valence-corrected chi connectivity index (χ1v) is 8.71. The molecule has 0 saturated carbocycles. The molecule has 0 radical (unpaired) electrons. The van der Waals surface area contributed by atoms with Crippen LogP contribution in [-0.2, 0) is 13.0 Å². The molecule has 0 atom stereocenters. The summed E-state index contributed by atoms with van der Waals surface area (Å²) in [6.45, 7) is 0.901. The fourth-order valence-electron chi connectivity index (χ4n) is 2.66. The third-order valence-electron chi connectivity index (χ3n) is 4.26. The van der Waals surface area contributed by atoms with Crippen LogP contribution in [0, 0.1) is 5.82 Å². The Kier molecular flexibility index (Phi) is 6.10. The molecule has 0 bridgehead atoms. The van der Waals surface area contributed by atoms with Crippen molar-refractivity contribution in [3.8, 4) is 0 Å². The summed E-state index contributed by atoms with van der Waals surface area (Å²) in [5.41, 5.74) is 2.22. The summed E-state index contributed by atoms with van der Waals surface area (Å²) in [6.07, 6.45) is 5.82. The molecule has 1 N–H and O–H groups in total. The van der Waals surface area contributed by atoms with Gasteiger partial charge < -0.3 is 10.2 Å². The van der Waals surface area contributed by atoms with Gasteiger partial charge in [0.25, 0.3) is 5.91 Å². The van der Waals surface area contributed by atoms with Gasteiger partial charge >= 0.3 is 0 Å². The van der Waals surface area contributed by atoms with E-state index in [0.29, 0.717) is 30.0 Å². The number of anilines is 1. The number of carbonyl (C=O) groups is 1. The van der Waals surface area contributed by atoms with Gasteiger partial charge in [-0.2, -0.15) is 0 Å². The van der Waals surface area contributed by atoms with Crippen molar-refractivity contribution in [2.75, 3.05) is 18.9 Å². The van der Waals surface area contributed by atoms with E-state index < -0.39 is 0 Å². The topological polar surface area (TPSA) is 58.1 Å². The van der Waals surface area contributed by atoms with E-state index in [1.54, 1.807) is 60.9 Å². The maximum absolute atomic E-state index is 13.7. The Morgan fingerprint density at radius 1 is 1.11 bits per heavy atom. The first-order chi connectivity index (χ1) is 13.1. The summed E-state index contributed by atoms with van der Waals surface area (Å²) < 4.78 is 13.7. The summed E-state index contributed by atoms with van der Waals surface area (Å²) in [5.74, 6) is 0.181. The minimum Gasteiger partial charge on any atom is -0.366 e. The number of halogens is 1. The van der Waals surface area contributed by atoms with Crippen LogP contribution in [0.1, 0.15) is 21.5 Å². The van der Waals surface area contributed by atoms with E-state index in [2.05, 4.69) is 15.3 Å². The number of likely N-dealkylation sites (N-methyl/N-ethyl adjacent to an activating group) is 1. The van der Waals surface area contributed by atoms with Gasteiger partial charge in [-0.25, -0.2) is 9.37 Å². The van der Waals surface area contributed by atoms with E-state index in [0.717, 1.165) is 12.0 Å². The number of hydrogen-bond donors (Lipinski definition) is 1. The summed E-state index contributed by atoms with van der Waals surface area (Å²) in [4.78, 5) is 22.5. The summed E-state index contributed by atoms with van der Waals surface area (Å²) in [5, 5.41) is 3.07. The smallest absolute Gasteiger partial charge is 0.253 e. The van der Waals surface area contributed by atoms with Gasteiger partial charge in [0.05, 0.1) is 0 Å². The van der Waals surface area contributed by atoms with E-state index in [4.69, 9.17) is 0 Å². The lowest BCUT2D eigenvalue weighted by atomic mass is 10.1. The Morgan fingerprint density at radius 3 is 2.67 bits per heavy atom. The average Bonchev–Trinajstić information content (AvgIpc) is 2.72. The molecule has 0 fully saturated rings. The van der Waals surface area contributed by atoms with Crippen LogP contribution in [0.25, 0.3) is 0 Å². The number of nitrogens with one attached hydrogen (secondary N) is 1. The molecular weight excluding hydrogens is 343 g/mol. The quantitative estimate of drug-likeness (QED) is 0.697. The SMILES string of the molecule is CN(CCc1ccncc1)C(=O)c1ccnc(NCc2ccccc2F)c1. The number of benzene rings is 1. The molecule has 138 valence electrons. The van der Waals surface area contributed by atoms with Gasteiger partial charge in [-0.1, -0.05) is 18.2 Å². The third-order valence-corrected chi connectivity index (χ3v) is 4.26. The second kappa shape index (κ2) is 8.89. The Hall–Kier alpha value is -3.28. The number of amides is 1. The summed E-state index contributed by atoms with van der Waals surface area (Å²) in [7, 11) is 1.77. The average molecular weight is 364 g/mol. The first kappa shape index (κ1) is 18.5. The lowest BCUT2D eigenvalue weighted by Gasteiger charge is -2.17. The normalized spacial score (nSPS) is 10.4. The highest BCUT2D eigenvalue weighted by Crippen LogP contribution is 2.13. The summed E-state index contributed by atoms with van der Waals surface area (Å²) >= 11 is 0. The Morgan fingerprint density at radius 2 is 1.89 bits per heavy atom. The molecule has 0 spiro atoms. The Balaban J connectivity index is 1.60. The molecule has 3 rings (SSSR count). The van der Waals surface area contributed by atoms with Crippen LogP contribution in [0.4, 0.5) is 10.2 Å². The van der Waals surface area contributed by atoms with E-state index in [9.17, 15) is 9.18 Å².